The summed E-state index contributed by atoms with van der Waals surface area (Å²) in [6.45, 7) is 8.99. The Morgan fingerprint density at radius 2 is 1.76 bits per heavy atom. The summed E-state index contributed by atoms with van der Waals surface area (Å²) in [5.74, 6) is -1.36. The van der Waals surface area contributed by atoms with Crippen LogP contribution in [0.2, 0.25) is 0 Å². The number of carbonyl (C=O) groups is 2. The number of hydrogen-bond donors (Lipinski definition) is 0. The molecule has 0 N–H and O–H groups in total. The van der Waals surface area contributed by atoms with Crippen LogP contribution in [0.1, 0.15) is 19.4 Å². The van der Waals surface area contributed by atoms with Crippen molar-refractivity contribution in [2.75, 3.05) is 31.2 Å². The second-order valence-corrected chi connectivity index (χ2v) is 4.94. The lowest BCUT2D eigenvalue weighted by Gasteiger charge is -2.20. The molecule has 0 saturated carbocycles. The number of esters is 2. The molecule has 0 aliphatic heterocycles. The molecular weight excluding hydrogens is 320 g/mol. The molecule has 1 aromatic rings. The highest BCUT2D eigenvalue weighted by Gasteiger charge is 2.11. The minimum absolute atomic E-state index is 0.0894. The average molecular weight is 342 g/mol. The molecule has 0 atom stereocenters. The van der Waals surface area contributed by atoms with Crippen LogP contribution in [0.15, 0.2) is 42.5 Å². The zero-order valence-corrected chi connectivity index (χ0v) is 14.5. The predicted molar refractivity (Wildman–Crippen MR) is 95.7 cm³/mol. The molecule has 1 aromatic carbocycles. The second-order valence-electron chi connectivity index (χ2n) is 4.94. The molecule has 25 heavy (non-hydrogen) atoms. The van der Waals surface area contributed by atoms with Crippen molar-refractivity contribution in [3.63, 3.8) is 0 Å². The van der Waals surface area contributed by atoms with Crippen LogP contribution < -0.4 is 4.90 Å². The van der Waals surface area contributed by atoms with Crippen molar-refractivity contribution in [1.82, 2.24) is 0 Å². The van der Waals surface area contributed by atoms with Crippen molar-refractivity contribution >= 4 is 23.7 Å². The molecule has 1 rings (SSSR count). The Hall–Kier alpha value is -3.07. The van der Waals surface area contributed by atoms with E-state index in [9.17, 15) is 9.59 Å². The van der Waals surface area contributed by atoms with E-state index in [4.69, 9.17) is 10.00 Å². The molecule has 0 aliphatic carbocycles. The van der Waals surface area contributed by atoms with Crippen LogP contribution in [0.4, 0.5) is 5.69 Å². The summed E-state index contributed by atoms with van der Waals surface area (Å²) in [7, 11) is 0. The Bertz CT molecular complexity index is 668. The molecule has 6 heteroatoms. The predicted octanol–water partition coefficient (Wildman–Crippen LogP) is 2.71. The smallest absolute Gasteiger partial charge is 0.349 e. The first-order valence-corrected chi connectivity index (χ1v) is 7.98. The lowest BCUT2D eigenvalue weighted by molar-refractivity contribution is -0.146. The summed E-state index contributed by atoms with van der Waals surface area (Å²) < 4.78 is 9.60. The number of hydrogen-bond acceptors (Lipinski definition) is 6. The summed E-state index contributed by atoms with van der Waals surface area (Å²) in [6, 6.07) is 9.37. The molecule has 0 bridgehead atoms. The van der Waals surface area contributed by atoms with Gasteiger partial charge < -0.3 is 14.4 Å². The Kier molecular flexibility index (Phi) is 8.52. The highest BCUT2D eigenvalue weighted by molar-refractivity contribution is 5.97. The first-order valence-electron chi connectivity index (χ1n) is 7.98. The molecule has 0 aromatic heterocycles. The summed E-state index contributed by atoms with van der Waals surface area (Å²) in [6.07, 6.45) is 2.48. The highest BCUT2D eigenvalue weighted by Crippen LogP contribution is 2.17. The van der Waals surface area contributed by atoms with E-state index in [1.54, 1.807) is 0 Å². The van der Waals surface area contributed by atoms with Gasteiger partial charge in [-0.15, -0.1) is 0 Å². The van der Waals surface area contributed by atoms with Crippen molar-refractivity contribution in [2.45, 2.75) is 13.8 Å². The number of rotatable bonds is 9. The van der Waals surface area contributed by atoms with E-state index in [1.165, 1.54) is 6.08 Å². The monoisotopic (exact) mass is 342 g/mol. The number of benzene rings is 1. The van der Waals surface area contributed by atoms with E-state index in [1.807, 2.05) is 30.3 Å². The number of nitriles is 1. The fourth-order valence-electron chi connectivity index (χ4n) is 2.09. The maximum Gasteiger partial charge on any atom is 0.349 e. The van der Waals surface area contributed by atoms with Gasteiger partial charge in [0.1, 0.15) is 24.9 Å². The van der Waals surface area contributed by atoms with Gasteiger partial charge in [-0.3, -0.25) is 0 Å². The minimum atomic E-state index is -0.759. The van der Waals surface area contributed by atoms with Crippen molar-refractivity contribution in [2.24, 2.45) is 0 Å². The third kappa shape index (κ3) is 6.51. The van der Waals surface area contributed by atoms with E-state index in [0.29, 0.717) is 0 Å². The van der Waals surface area contributed by atoms with E-state index >= 15 is 0 Å². The van der Waals surface area contributed by atoms with Crippen molar-refractivity contribution < 1.29 is 19.1 Å². The van der Waals surface area contributed by atoms with E-state index < -0.39 is 11.9 Å². The molecule has 0 radical (unpaired) electrons. The van der Waals surface area contributed by atoms with Gasteiger partial charge in [0.25, 0.3) is 0 Å². The number of nitrogens with zero attached hydrogens (tertiary/aromatic N) is 2. The molecule has 0 unspecified atom stereocenters. The topological polar surface area (TPSA) is 79.6 Å². The van der Waals surface area contributed by atoms with E-state index in [2.05, 4.69) is 30.1 Å². The summed E-state index contributed by atoms with van der Waals surface area (Å²) >= 11 is 0. The van der Waals surface area contributed by atoms with Crippen molar-refractivity contribution in [3.05, 3.63) is 48.1 Å². The number of ether oxygens (including phenoxy) is 2. The molecule has 0 heterocycles. The third-order valence-corrected chi connectivity index (χ3v) is 3.40. The quantitative estimate of drug-likeness (QED) is 0.297. The standard InChI is InChI=1S/C19H22N2O4/c1-4-18(22)24-11-12-25-19(23)16(14-20)13-15-7-9-17(10-8-15)21(5-2)6-3/h4,7-10,13H,1,5-6,11-12H2,2-3H3. The van der Waals surface area contributed by atoms with Gasteiger partial charge >= 0.3 is 11.9 Å². The maximum atomic E-state index is 11.9. The van der Waals surface area contributed by atoms with Crippen molar-refractivity contribution in [1.29, 1.82) is 5.26 Å². The largest absolute Gasteiger partial charge is 0.459 e. The van der Waals surface area contributed by atoms with Gasteiger partial charge in [-0.1, -0.05) is 18.7 Å². The van der Waals surface area contributed by atoms with Gasteiger partial charge in [-0.25, -0.2) is 9.59 Å². The van der Waals surface area contributed by atoms with Gasteiger partial charge in [-0.05, 0) is 37.6 Å². The van der Waals surface area contributed by atoms with Crippen LogP contribution in [0.5, 0.6) is 0 Å². The molecule has 132 valence electrons. The molecular formula is C19H22N2O4. The Morgan fingerprint density at radius 1 is 1.16 bits per heavy atom. The van der Waals surface area contributed by atoms with Crippen molar-refractivity contribution in [3.8, 4) is 6.07 Å². The maximum absolute atomic E-state index is 11.9. The Labute approximate surface area is 147 Å². The molecule has 0 saturated heterocycles. The van der Waals surface area contributed by atoms with Gasteiger partial charge in [0.05, 0.1) is 0 Å². The SMILES string of the molecule is C=CC(=O)OCCOC(=O)C(C#N)=Cc1ccc(N(CC)CC)cc1. The fraction of sp³-hybridized carbons (Fsp3) is 0.316. The summed E-state index contributed by atoms with van der Waals surface area (Å²) in [4.78, 5) is 24.9. The fourth-order valence-corrected chi connectivity index (χ4v) is 2.09. The van der Waals surface area contributed by atoms with Gasteiger partial charge in [0, 0.05) is 24.9 Å². The lowest BCUT2D eigenvalue weighted by Crippen LogP contribution is -2.21. The zero-order valence-electron chi connectivity index (χ0n) is 14.5. The molecule has 0 aliphatic rings. The molecule has 0 spiro atoms. The Morgan fingerprint density at radius 3 is 2.28 bits per heavy atom. The average Bonchev–Trinajstić information content (AvgIpc) is 2.64. The van der Waals surface area contributed by atoms with E-state index in [-0.39, 0.29) is 18.8 Å². The normalized spacial score (nSPS) is 10.5. The first-order chi connectivity index (χ1) is 12.0. The first kappa shape index (κ1) is 20.0. The van der Waals surface area contributed by atoms with Crippen LogP contribution in [-0.4, -0.2) is 38.2 Å². The highest BCUT2D eigenvalue weighted by atomic mass is 16.6. The second kappa shape index (κ2) is 10.7. The minimum Gasteiger partial charge on any atom is -0.459 e. The molecule has 0 fully saturated rings. The van der Waals surface area contributed by atoms with Crippen LogP contribution >= 0.6 is 0 Å². The van der Waals surface area contributed by atoms with Crippen LogP contribution in [-0.2, 0) is 19.1 Å². The van der Waals surface area contributed by atoms with E-state index in [0.717, 1.165) is 30.4 Å². The third-order valence-electron chi connectivity index (χ3n) is 3.40. The molecule has 0 amide bonds. The molecule has 6 nitrogen and oxygen atoms in total. The summed E-state index contributed by atoms with van der Waals surface area (Å²) in [5, 5.41) is 9.13. The van der Waals surface area contributed by atoms with Gasteiger partial charge in [-0.2, -0.15) is 5.26 Å². The summed E-state index contributed by atoms with van der Waals surface area (Å²) in [5.41, 5.74) is 1.68. The Balaban J connectivity index is 2.69. The number of carbonyl (C=O) groups excluding carboxylic acids is 2. The van der Waals surface area contributed by atoms with Crippen LogP contribution in [0.25, 0.3) is 6.08 Å². The zero-order chi connectivity index (χ0) is 18.7. The van der Waals surface area contributed by atoms with Gasteiger partial charge in [0.15, 0.2) is 0 Å². The lowest BCUT2D eigenvalue weighted by atomic mass is 10.1. The number of anilines is 1. The van der Waals surface area contributed by atoms with Gasteiger partial charge in [0.2, 0.25) is 0 Å². The van der Waals surface area contributed by atoms with Crippen LogP contribution in [0.3, 0.4) is 0 Å². The van der Waals surface area contributed by atoms with Crippen LogP contribution in [0, 0.1) is 11.3 Å².